The molecule has 0 radical (unpaired) electrons. The lowest BCUT2D eigenvalue weighted by Crippen LogP contribution is -2.56. The molecule has 1 saturated heterocycles. The largest absolute Gasteiger partial charge is 0.480 e. The van der Waals surface area contributed by atoms with Crippen LogP contribution in [0.25, 0.3) is 0 Å². The molecular formula is C20H34FN3O3. The summed E-state index contributed by atoms with van der Waals surface area (Å²) < 4.78 is 15.2. The van der Waals surface area contributed by atoms with Crippen LogP contribution >= 0.6 is 0 Å². The highest BCUT2D eigenvalue weighted by molar-refractivity contribution is 5.89. The third-order valence-electron chi connectivity index (χ3n) is 5.47. The zero-order chi connectivity index (χ0) is 21.0. The maximum atomic E-state index is 15.2. The van der Waals surface area contributed by atoms with Crippen LogP contribution in [0.2, 0.25) is 0 Å². The highest BCUT2D eigenvalue weighted by atomic mass is 19.1. The fourth-order valence-electron chi connectivity index (χ4n) is 3.10. The fraction of sp³-hybridized carbons (Fsp3) is 0.800. The third kappa shape index (κ3) is 5.91. The van der Waals surface area contributed by atoms with Gasteiger partial charge >= 0.3 is 5.97 Å². The number of carbonyl (C=O) groups excluding carboxylic acids is 1. The van der Waals surface area contributed by atoms with E-state index in [-0.39, 0.29) is 24.3 Å². The van der Waals surface area contributed by atoms with E-state index < -0.39 is 23.6 Å². The quantitative estimate of drug-likeness (QED) is 0.708. The number of hydrogen-bond donors (Lipinski definition) is 1. The average molecular weight is 384 g/mol. The van der Waals surface area contributed by atoms with Gasteiger partial charge in [0.2, 0.25) is 0 Å². The molecule has 0 aliphatic carbocycles. The highest BCUT2D eigenvalue weighted by Crippen LogP contribution is 2.30. The number of halogens is 1. The van der Waals surface area contributed by atoms with Crippen molar-refractivity contribution < 1.29 is 19.1 Å². The summed E-state index contributed by atoms with van der Waals surface area (Å²) >= 11 is 0. The predicted octanol–water partition coefficient (Wildman–Crippen LogP) is 1.70. The van der Waals surface area contributed by atoms with Gasteiger partial charge in [-0.1, -0.05) is 25.7 Å². The van der Waals surface area contributed by atoms with Crippen LogP contribution in [0.5, 0.6) is 0 Å². The second-order valence-electron chi connectivity index (χ2n) is 8.44. The van der Waals surface area contributed by atoms with Crippen molar-refractivity contribution in [1.29, 1.82) is 0 Å². The lowest BCUT2D eigenvalue weighted by Gasteiger charge is -2.38. The monoisotopic (exact) mass is 383 g/mol. The van der Waals surface area contributed by atoms with E-state index in [0.29, 0.717) is 19.6 Å². The Morgan fingerprint density at radius 1 is 1.22 bits per heavy atom. The molecule has 154 valence electrons. The van der Waals surface area contributed by atoms with Gasteiger partial charge in [-0.2, -0.15) is 0 Å². The van der Waals surface area contributed by atoms with Gasteiger partial charge in [0.05, 0.1) is 12.1 Å². The zero-order valence-corrected chi connectivity index (χ0v) is 17.7. The number of likely N-dealkylation sites (N-methyl/N-ethyl adjacent to an activating group) is 1. The highest BCUT2D eigenvalue weighted by Gasteiger charge is 2.46. The van der Waals surface area contributed by atoms with E-state index in [1.807, 2.05) is 37.7 Å². The lowest BCUT2D eigenvalue weighted by molar-refractivity contribution is -0.158. The summed E-state index contributed by atoms with van der Waals surface area (Å²) in [6.45, 7) is 8.87. The predicted molar refractivity (Wildman–Crippen MR) is 104 cm³/mol. The van der Waals surface area contributed by atoms with Crippen molar-refractivity contribution >= 4 is 11.9 Å². The first-order chi connectivity index (χ1) is 12.3. The zero-order valence-electron chi connectivity index (χ0n) is 17.7. The number of alkyl halides is 1. The molecule has 0 bridgehead atoms. The Kier molecular flexibility index (Phi) is 7.82. The van der Waals surface area contributed by atoms with Crippen LogP contribution in [-0.2, 0) is 9.59 Å². The summed E-state index contributed by atoms with van der Waals surface area (Å²) in [4.78, 5) is 29.2. The SMILES string of the molecule is CC(C)[C@@H](C(=O)O)N(C)C(=O)C1(F)CCN(CC#CC(C)(C)N(C)C)CC1. The van der Waals surface area contributed by atoms with Crippen molar-refractivity contribution in [1.82, 2.24) is 14.7 Å². The number of carboxylic acid groups (broad SMARTS) is 1. The van der Waals surface area contributed by atoms with Gasteiger partial charge < -0.3 is 10.0 Å². The van der Waals surface area contributed by atoms with Crippen LogP contribution in [0.15, 0.2) is 0 Å². The molecule has 1 heterocycles. The van der Waals surface area contributed by atoms with E-state index in [0.717, 1.165) is 4.90 Å². The van der Waals surface area contributed by atoms with Crippen LogP contribution in [0.4, 0.5) is 4.39 Å². The maximum absolute atomic E-state index is 15.2. The topological polar surface area (TPSA) is 64.1 Å². The summed E-state index contributed by atoms with van der Waals surface area (Å²) in [7, 11) is 5.32. The summed E-state index contributed by atoms with van der Waals surface area (Å²) in [6.07, 6.45) is 0.110. The minimum Gasteiger partial charge on any atom is -0.480 e. The molecule has 6 nitrogen and oxygen atoms in total. The van der Waals surface area contributed by atoms with Crippen molar-refractivity contribution in [3.05, 3.63) is 0 Å². The van der Waals surface area contributed by atoms with E-state index in [1.54, 1.807) is 13.8 Å². The minimum atomic E-state index is -2.01. The van der Waals surface area contributed by atoms with E-state index in [1.165, 1.54) is 7.05 Å². The van der Waals surface area contributed by atoms with Crippen LogP contribution in [-0.4, -0.2) is 89.7 Å². The molecule has 0 spiro atoms. The molecule has 0 saturated carbocycles. The van der Waals surface area contributed by atoms with Crippen LogP contribution < -0.4 is 0 Å². The Hall–Kier alpha value is -1.65. The number of hydrogen-bond acceptors (Lipinski definition) is 4. The summed E-state index contributed by atoms with van der Waals surface area (Å²) in [5.74, 6) is 4.21. The van der Waals surface area contributed by atoms with Crippen LogP contribution in [0.1, 0.15) is 40.5 Å². The van der Waals surface area contributed by atoms with Crippen molar-refractivity contribution in [2.24, 2.45) is 5.92 Å². The van der Waals surface area contributed by atoms with Gasteiger partial charge in [0.1, 0.15) is 6.04 Å². The first-order valence-corrected chi connectivity index (χ1v) is 9.40. The summed E-state index contributed by atoms with van der Waals surface area (Å²) in [6, 6.07) is -1.03. The summed E-state index contributed by atoms with van der Waals surface area (Å²) in [5.41, 5.74) is -2.24. The van der Waals surface area contributed by atoms with Gasteiger partial charge in [0.25, 0.3) is 5.91 Å². The van der Waals surface area contributed by atoms with Crippen LogP contribution in [0, 0.1) is 17.8 Å². The van der Waals surface area contributed by atoms with E-state index in [2.05, 4.69) is 11.8 Å². The minimum absolute atomic E-state index is 0.0549. The number of carboxylic acids is 1. The molecule has 0 aromatic heterocycles. The van der Waals surface area contributed by atoms with E-state index >= 15 is 4.39 Å². The second kappa shape index (κ2) is 9.03. The normalized spacial score (nSPS) is 18.7. The van der Waals surface area contributed by atoms with Gasteiger partial charge in [-0.05, 0) is 33.9 Å². The van der Waals surface area contributed by atoms with Crippen molar-refractivity contribution in [3.8, 4) is 11.8 Å². The number of amides is 1. The fourth-order valence-corrected chi connectivity index (χ4v) is 3.10. The lowest BCUT2D eigenvalue weighted by atomic mass is 9.90. The standard InChI is InChI=1S/C20H34FN3O3/c1-15(2)16(17(25)26)23(7)18(27)20(21)10-13-24(14-11-20)12-8-9-19(3,4)22(5)6/h15-16H,10-14H2,1-7H3,(H,25,26)/t16-/m0/s1. The number of likely N-dealkylation sites (tertiary alicyclic amines) is 1. The van der Waals surface area contributed by atoms with Gasteiger partial charge in [-0.15, -0.1) is 0 Å². The Bertz CT molecular complexity index is 599. The molecule has 0 aromatic carbocycles. The number of nitrogens with zero attached hydrogens (tertiary/aromatic N) is 3. The van der Waals surface area contributed by atoms with Crippen LogP contribution in [0.3, 0.4) is 0 Å². The molecule has 7 heteroatoms. The molecule has 1 atom stereocenters. The Labute approximate surface area is 162 Å². The number of carbonyl (C=O) groups is 2. The molecule has 0 aromatic rings. The van der Waals surface area contributed by atoms with E-state index in [9.17, 15) is 14.7 Å². The smallest absolute Gasteiger partial charge is 0.326 e. The summed E-state index contributed by atoms with van der Waals surface area (Å²) in [5, 5.41) is 9.35. The number of aliphatic carboxylic acids is 1. The van der Waals surface area contributed by atoms with Gasteiger partial charge in [0.15, 0.2) is 5.67 Å². The first-order valence-electron chi connectivity index (χ1n) is 9.40. The molecule has 1 N–H and O–H groups in total. The molecular weight excluding hydrogens is 349 g/mol. The molecule has 1 amide bonds. The molecule has 1 rings (SSSR count). The number of piperidine rings is 1. The van der Waals surface area contributed by atoms with Gasteiger partial charge in [-0.3, -0.25) is 14.6 Å². The van der Waals surface area contributed by atoms with Crippen molar-refractivity contribution in [2.75, 3.05) is 40.8 Å². The van der Waals surface area contributed by atoms with Gasteiger partial charge in [-0.25, -0.2) is 9.18 Å². The Morgan fingerprint density at radius 2 is 1.74 bits per heavy atom. The second-order valence-corrected chi connectivity index (χ2v) is 8.44. The first kappa shape index (κ1) is 23.4. The van der Waals surface area contributed by atoms with Crippen molar-refractivity contribution in [2.45, 2.75) is 57.8 Å². The Balaban J connectivity index is 2.70. The third-order valence-corrected chi connectivity index (χ3v) is 5.47. The molecule has 27 heavy (non-hydrogen) atoms. The van der Waals surface area contributed by atoms with E-state index in [4.69, 9.17) is 0 Å². The van der Waals surface area contributed by atoms with Crippen molar-refractivity contribution in [3.63, 3.8) is 0 Å². The molecule has 1 fully saturated rings. The maximum Gasteiger partial charge on any atom is 0.326 e. The molecule has 1 aliphatic rings. The number of rotatable bonds is 6. The average Bonchev–Trinajstić information content (AvgIpc) is 2.55. The Morgan fingerprint density at radius 3 is 2.15 bits per heavy atom. The molecule has 0 unspecified atom stereocenters. The van der Waals surface area contributed by atoms with Gasteiger partial charge in [0, 0.05) is 33.0 Å². The molecule has 1 aliphatic heterocycles.